The number of amides is 1. The predicted molar refractivity (Wildman–Crippen MR) is 74.5 cm³/mol. The molecule has 3 nitrogen and oxygen atoms in total. The molecule has 1 unspecified atom stereocenters. The maximum absolute atomic E-state index is 11.5. The highest BCUT2D eigenvalue weighted by atomic mass is 16.2. The Morgan fingerprint density at radius 2 is 1.83 bits per heavy atom. The molecular formula is C15H22N2O. The van der Waals surface area contributed by atoms with Crippen LogP contribution in [0, 0.1) is 0 Å². The van der Waals surface area contributed by atoms with Gasteiger partial charge in [-0.3, -0.25) is 4.79 Å². The van der Waals surface area contributed by atoms with Gasteiger partial charge in [-0.2, -0.15) is 0 Å². The Hall–Kier alpha value is -1.35. The summed E-state index contributed by atoms with van der Waals surface area (Å²) in [6.07, 6.45) is 6.65. The van der Waals surface area contributed by atoms with Gasteiger partial charge in [0.1, 0.15) is 0 Å². The van der Waals surface area contributed by atoms with E-state index in [9.17, 15) is 4.79 Å². The highest BCUT2D eigenvalue weighted by molar-refractivity contribution is 5.94. The van der Waals surface area contributed by atoms with E-state index in [4.69, 9.17) is 5.73 Å². The average Bonchev–Trinajstić information content (AvgIpc) is 2.40. The van der Waals surface area contributed by atoms with E-state index in [1.54, 1.807) is 6.92 Å². The topological polar surface area (TPSA) is 55.1 Å². The molecule has 0 aliphatic heterocycles. The zero-order valence-corrected chi connectivity index (χ0v) is 11.0. The van der Waals surface area contributed by atoms with Gasteiger partial charge in [-0.1, -0.05) is 31.4 Å². The van der Waals surface area contributed by atoms with Gasteiger partial charge in [-0.25, -0.2) is 0 Å². The lowest BCUT2D eigenvalue weighted by Gasteiger charge is -2.22. The maximum Gasteiger partial charge on any atom is 0.240 e. The SMILES string of the molecule is CC(N)C(=O)Nc1ccc(C2CCCCC2)cc1. The predicted octanol–water partition coefficient (Wildman–Crippen LogP) is 3.02. The van der Waals surface area contributed by atoms with Gasteiger partial charge in [-0.15, -0.1) is 0 Å². The molecule has 18 heavy (non-hydrogen) atoms. The minimum absolute atomic E-state index is 0.139. The lowest BCUT2D eigenvalue weighted by Crippen LogP contribution is -2.32. The summed E-state index contributed by atoms with van der Waals surface area (Å²) in [5.41, 5.74) is 7.75. The third-order valence-corrected chi connectivity index (χ3v) is 3.67. The van der Waals surface area contributed by atoms with Crippen LogP contribution in [-0.4, -0.2) is 11.9 Å². The second-order valence-electron chi connectivity index (χ2n) is 5.23. The fourth-order valence-corrected chi connectivity index (χ4v) is 2.53. The van der Waals surface area contributed by atoms with Crippen molar-refractivity contribution in [2.45, 2.75) is 51.0 Å². The van der Waals surface area contributed by atoms with E-state index in [0.717, 1.165) is 5.69 Å². The monoisotopic (exact) mass is 246 g/mol. The van der Waals surface area contributed by atoms with Crippen molar-refractivity contribution in [2.75, 3.05) is 5.32 Å². The van der Waals surface area contributed by atoms with Crippen LogP contribution in [-0.2, 0) is 4.79 Å². The Morgan fingerprint density at radius 1 is 1.22 bits per heavy atom. The molecule has 1 aliphatic carbocycles. The van der Waals surface area contributed by atoms with Crippen LogP contribution in [0.4, 0.5) is 5.69 Å². The molecule has 98 valence electrons. The molecule has 3 heteroatoms. The molecule has 2 rings (SSSR count). The normalized spacial score (nSPS) is 18.3. The molecule has 0 saturated heterocycles. The molecule has 0 spiro atoms. The minimum atomic E-state index is -0.469. The summed E-state index contributed by atoms with van der Waals surface area (Å²) in [5.74, 6) is 0.567. The van der Waals surface area contributed by atoms with Crippen LogP contribution in [0.2, 0.25) is 0 Å². The molecule has 0 aromatic heterocycles. The molecule has 0 bridgehead atoms. The van der Waals surface area contributed by atoms with Crippen LogP contribution in [0.1, 0.15) is 50.5 Å². The van der Waals surface area contributed by atoms with Gasteiger partial charge in [0, 0.05) is 5.69 Å². The smallest absolute Gasteiger partial charge is 0.240 e. The van der Waals surface area contributed by atoms with Gasteiger partial charge in [0.05, 0.1) is 6.04 Å². The molecule has 1 atom stereocenters. The molecule has 3 N–H and O–H groups in total. The number of carbonyl (C=O) groups is 1. The van der Waals surface area contributed by atoms with Crippen molar-refractivity contribution in [3.8, 4) is 0 Å². The molecular weight excluding hydrogens is 224 g/mol. The van der Waals surface area contributed by atoms with Gasteiger partial charge in [0.15, 0.2) is 0 Å². The van der Waals surface area contributed by atoms with E-state index >= 15 is 0 Å². The van der Waals surface area contributed by atoms with Crippen LogP contribution in [0.5, 0.6) is 0 Å². The molecule has 1 fully saturated rings. The van der Waals surface area contributed by atoms with Crippen molar-refractivity contribution in [3.05, 3.63) is 29.8 Å². The average molecular weight is 246 g/mol. The number of hydrogen-bond acceptors (Lipinski definition) is 2. The highest BCUT2D eigenvalue weighted by Gasteiger charge is 2.15. The summed E-state index contributed by atoms with van der Waals surface area (Å²) < 4.78 is 0. The number of nitrogens with one attached hydrogen (secondary N) is 1. The van der Waals surface area contributed by atoms with E-state index in [1.807, 2.05) is 12.1 Å². The largest absolute Gasteiger partial charge is 0.325 e. The lowest BCUT2D eigenvalue weighted by molar-refractivity contribution is -0.117. The number of rotatable bonds is 3. The zero-order valence-electron chi connectivity index (χ0n) is 11.0. The lowest BCUT2D eigenvalue weighted by atomic mass is 9.84. The van der Waals surface area contributed by atoms with E-state index in [2.05, 4.69) is 17.4 Å². The number of anilines is 1. The second kappa shape index (κ2) is 6.01. The van der Waals surface area contributed by atoms with E-state index < -0.39 is 6.04 Å². The first-order valence-corrected chi connectivity index (χ1v) is 6.83. The van der Waals surface area contributed by atoms with Crippen LogP contribution in [0.3, 0.4) is 0 Å². The number of benzene rings is 1. The van der Waals surface area contributed by atoms with Crippen molar-refractivity contribution in [1.29, 1.82) is 0 Å². The Balaban J connectivity index is 1.98. The van der Waals surface area contributed by atoms with E-state index in [-0.39, 0.29) is 5.91 Å². The van der Waals surface area contributed by atoms with Gasteiger partial charge in [0.2, 0.25) is 5.91 Å². The van der Waals surface area contributed by atoms with Crippen molar-refractivity contribution in [3.63, 3.8) is 0 Å². The summed E-state index contributed by atoms with van der Waals surface area (Å²) in [5, 5.41) is 2.81. The van der Waals surface area contributed by atoms with Crippen molar-refractivity contribution in [1.82, 2.24) is 0 Å². The number of carbonyl (C=O) groups excluding carboxylic acids is 1. The molecule has 1 saturated carbocycles. The van der Waals surface area contributed by atoms with Gasteiger partial charge < -0.3 is 11.1 Å². The Labute approximate surface area is 109 Å². The van der Waals surface area contributed by atoms with E-state index in [1.165, 1.54) is 37.7 Å². The van der Waals surface area contributed by atoms with Gasteiger partial charge in [-0.05, 0) is 43.4 Å². The Morgan fingerprint density at radius 3 is 2.39 bits per heavy atom. The maximum atomic E-state index is 11.5. The summed E-state index contributed by atoms with van der Waals surface area (Å²) in [4.78, 5) is 11.5. The first-order chi connectivity index (χ1) is 8.66. The molecule has 1 aliphatic rings. The molecule has 0 radical (unpaired) electrons. The summed E-state index contributed by atoms with van der Waals surface area (Å²) >= 11 is 0. The summed E-state index contributed by atoms with van der Waals surface area (Å²) in [7, 11) is 0. The van der Waals surface area contributed by atoms with Crippen LogP contribution in [0.15, 0.2) is 24.3 Å². The second-order valence-corrected chi connectivity index (χ2v) is 5.23. The van der Waals surface area contributed by atoms with Crippen LogP contribution >= 0.6 is 0 Å². The van der Waals surface area contributed by atoms with Crippen LogP contribution in [0.25, 0.3) is 0 Å². The minimum Gasteiger partial charge on any atom is -0.325 e. The van der Waals surface area contributed by atoms with Crippen LogP contribution < -0.4 is 11.1 Å². The highest BCUT2D eigenvalue weighted by Crippen LogP contribution is 2.32. The molecule has 1 aromatic rings. The van der Waals surface area contributed by atoms with Crippen molar-refractivity contribution in [2.24, 2.45) is 5.73 Å². The van der Waals surface area contributed by atoms with Crippen molar-refractivity contribution < 1.29 is 4.79 Å². The first kappa shape index (κ1) is 13.1. The summed E-state index contributed by atoms with van der Waals surface area (Å²) in [6, 6.07) is 7.75. The standard InChI is InChI=1S/C15H22N2O/c1-11(16)15(18)17-14-9-7-13(8-10-14)12-5-3-2-4-6-12/h7-12H,2-6,16H2,1H3,(H,17,18). The molecule has 1 amide bonds. The van der Waals surface area contributed by atoms with Gasteiger partial charge in [0.25, 0.3) is 0 Å². The molecule has 1 aromatic carbocycles. The fraction of sp³-hybridized carbons (Fsp3) is 0.533. The third kappa shape index (κ3) is 3.33. The van der Waals surface area contributed by atoms with Crippen molar-refractivity contribution >= 4 is 11.6 Å². The van der Waals surface area contributed by atoms with Gasteiger partial charge >= 0.3 is 0 Å². The van der Waals surface area contributed by atoms with E-state index in [0.29, 0.717) is 5.92 Å². The summed E-state index contributed by atoms with van der Waals surface area (Å²) in [6.45, 7) is 1.69. The molecule has 0 heterocycles. The first-order valence-electron chi connectivity index (χ1n) is 6.83. The zero-order chi connectivity index (χ0) is 13.0. The fourth-order valence-electron chi connectivity index (χ4n) is 2.53. The Bertz CT molecular complexity index is 391. The quantitative estimate of drug-likeness (QED) is 0.861. The number of nitrogens with two attached hydrogens (primary N) is 1. The number of hydrogen-bond donors (Lipinski definition) is 2. The third-order valence-electron chi connectivity index (χ3n) is 3.67. The Kier molecular flexibility index (Phi) is 4.37.